The van der Waals surface area contributed by atoms with Gasteiger partial charge >= 0.3 is 0 Å². The topological polar surface area (TPSA) is 51.2 Å². The van der Waals surface area contributed by atoms with Crippen molar-refractivity contribution in [1.82, 2.24) is 4.98 Å². The van der Waals surface area contributed by atoms with Gasteiger partial charge in [-0.2, -0.15) is 0 Å². The number of ether oxygens (including phenoxy) is 1. The fraction of sp³-hybridized carbons (Fsp3) is 0.200. The van der Waals surface area contributed by atoms with Gasteiger partial charge in [-0.3, -0.25) is 4.79 Å². The van der Waals surface area contributed by atoms with E-state index in [1.54, 1.807) is 30.2 Å². The minimum Gasteiger partial charge on any atom is -0.497 e. The van der Waals surface area contributed by atoms with Gasteiger partial charge in [-0.05, 0) is 31.2 Å². The van der Waals surface area contributed by atoms with Gasteiger partial charge < -0.3 is 10.1 Å². The highest BCUT2D eigenvalue weighted by Gasteiger charge is 2.07. The maximum absolute atomic E-state index is 12.0. The van der Waals surface area contributed by atoms with Crippen LogP contribution in [-0.4, -0.2) is 23.8 Å². The molecule has 2 aromatic carbocycles. The lowest BCUT2D eigenvalue weighted by Gasteiger charge is -2.05. The molecule has 6 heteroatoms. The van der Waals surface area contributed by atoms with E-state index in [1.165, 1.54) is 5.56 Å². The Balaban J connectivity index is 1.47. The van der Waals surface area contributed by atoms with Crippen LogP contribution in [0, 0.1) is 6.92 Å². The van der Waals surface area contributed by atoms with E-state index in [-0.39, 0.29) is 5.91 Å². The summed E-state index contributed by atoms with van der Waals surface area (Å²) >= 11 is 3.23. The molecule has 1 aromatic heterocycles. The Labute approximate surface area is 161 Å². The Kier molecular flexibility index (Phi) is 6.30. The maximum atomic E-state index is 12.0. The highest BCUT2D eigenvalue weighted by molar-refractivity contribution is 8.01. The first-order valence-electron chi connectivity index (χ1n) is 8.23. The lowest BCUT2D eigenvalue weighted by Crippen LogP contribution is -2.12. The van der Waals surface area contributed by atoms with Gasteiger partial charge in [-0.1, -0.05) is 41.6 Å². The maximum Gasteiger partial charge on any atom is 0.225 e. The van der Waals surface area contributed by atoms with Gasteiger partial charge in [0.25, 0.3) is 0 Å². The summed E-state index contributed by atoms with van der Waals surface area (Å²) in [5, 5.41) is 4.95. The number of nitrogens with zero attached hydrogens (tertiary/aromatic N) is 1. The molecular weight excluding hydrogens is 364 g/mol. The molecule has 26 heavy (non-hydrogen) atoms. The van der Waals surface area contributed by atoms with E-state index in [4.69, 9.17) is 4.74 Å². The zero-order valence-corrected chi connectivity index (χ0v) is 16.3. The number of amides is 1. The van der Waals surface area contributed by atoms with Crippen molar-refractivity contribution in [2.24, 2.45) is 0 Å². The fourth-order valence-electron chi connectivity index (χ4n) is 2.31. The Morgan fingerprint density at radius 3 is 2.58 bits per heavy atom. The minimum absolute atomic E-state index is 0.00187. The van der Waals surface area contributed by atoms with Gasteiger partial charge in [0.05, 0.1) is 12.8 Å². The van der Waals surface area contributed by atoms with Gasteiger partial charge in [-0.25, -0.2) is 4.98 Å². The van der Waals surface area contributed by atoms with E-state index >= 15 is 0 Å². The Hall–Kier alpha value is -2.31. The number of benzene rings is 2. The first kappa shape index (κ1) is 18.5. The standard InChI is InChI=1S/C20H20N2O2S2/c1-14-3-5-15(6-4-14)18-13-26-20(22-18)25-12-11-19(23)21-16-7-9-17(24-2)10-8-16/h3-10,13H,11-12H2,1-2H3,(H,21,23). The van der Waals surface area contributed by atoms with Gasteiger partial charge in [0.15, 0.2) is 4.34 Å². The van der Waals surface area contributed by atoms with Crippen LogP contribution in [0.5, 0.6) is 5.75 Å². The number of methoxy groups -OCH3 is 1. The molecule has 1 N–H and O–H groups in total. The van der Waals surface area contributed by atoms with Crippen LogP contribution in [-0.2, 0) is 4.79 Å². The first-order valence-corrected chi connectivity index (χ1v) is 10.1. The van der Waals surface area contributed by atoms with E-state index < -0.39 is 0 Å². The molecule has 1 amide bonds. The quantitative estimate of drug-likeness (QED) is 0.565. The first-order chi connectivity index (χ1) is 12.6. The summed E-state index contributed by atoms with van der Waals surface area (Å²) in [5.41, 5.74) is 4.12. The van der Waals surface area contributed by atoms with E-state index in [0.29, 0.717) is 12.2 Å². The number of aromatic nitrogens is 1. The van der Waals surface area contributed by atoms with Crippen LogP contribution in [0.4, 0.5) is 5.69 Å². The average Bonchev–Trinajstić information content (AvgIpc) is 3.12. The minimum atomic E-state index is -0.00187. The molecule has 0 bridgehead atoms. The zero-order chi connectivity index (χ0) is 18.4. The number of thiazole rings is 1. The number of anilines is 1. The second kappa shape index (κ2) is 8.87. The second-order valence-corrected chi connectivity index (χ2v) is 7.94. The molecule has 0 spiro atoms. The molecule has 0 fully saturated rings. The zero-order valence-electron chi connectivity index (χ0n) is 14.7. The number of thioether (sulfide) groups is 1. The summed E-state index contributed by atoms with van der Waals surface area (Å²) < 4.78 is 6.09. The fourth-order valence-corrected chi connectivity index (χ4v) is 4.15. The number of aryl methyl sites for hydroxylation is 1. The summed E-state index contributed by atoms with van der Waals surface area (Å²) in [5.74, 6) is 1.47. The lowest BCUT2D eigenvalue weighted by molar-refractivity contribution is -0.115. The molecule has 0 aliphatic heterocycles. The molecule has 0 atom stereocenters. The molecule has 3 rings (SSSR count). The molecule has 3 aromatic rings. The molecule has 1 heterocycles. The SMILES string of the molecule is COc1ccc(NC(=O)CCSc2nc(-c3ccc(C)cc3)cs2)cc1. The van der Waals surface area contributed by atoms with Crippen molar-refractivity contribution >= 4 is 34.7 Å². The molecule has 134 valence electrons. The smallest absolute Gasteiger partial charge is 0.225 e. The Morgan fingerprint density at radius 1 is 1.15 bits per heavy atom. The van der Waals surface area contributed by atoms with Gasteiger partial charge in [0.2, 0.25) is 5.91 Å². The highest BCUT2D eigenvalue weighted by atomic mass is 32.2. The third-order valence-corrected chi connectivity index (χ3v) is 5.78. The normalized spacial score (nSPS) is 10.5. The average molecular weight is 385 g/mol. The Morgan fingerprint density at radius 2 is 1.88 bits per heavy atom. The van der Waals surface area contributed by atoms with Crippen molar-refractivity contribution in [3.05, 3.63) is 59.5 Å². The number of carbonyl (C=O) groups excluding carboxylic acids is 1. The van der Waals surface area contributed by atoms with Gasteiger partial charge in [-0.15, -0.1) is 11.3 Å². The summed E-state index contributed by atoms with van der Waals surface area (Å²) in [6.07, 6.45) is 0.441. The number of hydrogen-bond acceptors (Lipinski definition) is 5. The lowest BCUT2D eigenvalue weighted by atomic mass is 10.1. The van der Waals surface area contributed by atoms with Gasteiger partial charge in [0.1, 0.15) is 5.75 Å². The second-order valence-electron chi connectivity index (χ2n) is 5.74. The van der Waals surface area contributed by atoms with Gasteiger partial charge in [0, 0.05) is 28.8 Å². The molecule has 0 radical (unpaired) electrons. The molecule has 4 nitrogen and oxygen atoms in total. The van der Waals surface area contributed by atoms with E-state index in [0.717, 1.165) is 27.0 Å². The predicted octanol–water partition coefficient (Wildman–Crippen LogP) is 5.25. The van der Waals surface area contributed by atoms with E-state index in [9.17, 15) is 4.79 Å². The van der Waals surface area contributed by atoms with Crippen LogP contribution in [0.15, 0.2) is 58.3 Å². The van der Waals surface area contributed by atoms with Crippen molar-refractivity contribution < 1.29 is 9.53 Å². The number of rotatable bonds is 7. The van der Waals surface area contributed by atoms with Crippen LogP contribution < -0.4 is 10.1 Å². The van der Waals surface area contributed by atoms with Crippen LogP contribution in [0.1, 0.15) is 12.0 Å². The predicted molar refractivity (Wildman–Crippen MR) is 109 cm³/mol. The monoisotopic (exact) mass is 384 g/mol. The molecule has 0 aliphatic carbocycles. The number of hydrogen-bond donors (Lipinski definition) is 1. The van der Waals surface area contributed by atoms with Crippen LogP contribution in [0.2, 0.25) is 0 Å². The largest absolute Gasteiger partial charge is 0.497 e. The summed E-state index contributed by atoms with van der Waals surface area (Å²) in [4.78, 5) is 16.7. The van der Waals surface area contributed by atoms with Crippen molar-refractivity contribution in [1.29, 1.82) is 0 Å². The van der Waals surface area contributed by atoms with Crippen LogP contribution >= 0.6 is 23.1 Å². The molecular formula is C20H20N2O2S2. The van der Waals surface area contributed by atoms with Crippen molar-refractivity contribution in [2.75, 3.05) is 18.2 Å². The van der Waals surface area contributed by atoms with Crippen molar-refractivity contribution in [3.63, 3.8) is 0 Å². The third-order valence-electron chi connectivity index (χ3n) is 3.76. The molecule has 0 saturated heterocycles. The third kappa shape index (κ3) is 5.09. The highest BCUT2D eigenvalue weighted by Crippen LogP contribution is 2.28. The van der Waals surface area contributed by atoms with Crippen molar-refractivity contribution in [3.8, 4) is 17.0 Å². The van der Waals surface area contributed by atoms with Crippen LogP contribution in [0.3, 0.4) is 0 Å². The molecule has 0 unspecified atom stereocenters. The number of carbonyl (C=O) groups is 1. The molecule has 0 saturated carbocycles. The summed E-state index contributed by atoms with van der Waals surface area (Å²) in [6, 6.07) is 15.7. The number of nitrogens with one attached hydrogen (secondary N) is 1. The Bertz CT molecular complexity index is 858. The summed E-state index contributed by atoms with van der Waals surface area (Å²) in [7, 11) is 1.62. The van der Waals surface area contributed by atoms with E-state index in [2.05, 4.69) is 46.9 Å². The molecule has 0 aliphatic rings. The van der Waals surface area contributed by atoms with Crippen LogP contribution in [0.25, 0.3) is 11.3 Å². The summed E-state index contributed by atoms with van der Waals surface area (Å²) in [6.45, 7) is 2.07. The van der Waals surface area contributed by atoms with Crippen molar-refractivity contribution in [2.45, 2.75) is 17.7 Å². The van der Waals surface area contributed by atoms with E-state index in [1.807, 2.05) is 24.3 Å².